The SMILES string of the molecule is CC1(c2ccnc3ccccc23)OC(N2CCCC2=O)=C(O)C1=O. The van der Waals surface area contributed by atoms with Gasteiger partial charge in [0.1, 0.15) is 0 Å². The van der Waals surface area contributed by atoms with Crippen molar-refractivity contribution >= 4 is 22.6 Å². The summed E-state index contributed by atoms with van der Waals surface area (Å²) in [6.07, 6.45) is 2.68. The summed E-state index contributed by atoms with van der Waals surface area (Å²) >= 11 is 0. The second-order valence-electron chi connectivity index (χ2n) is 6.14. The van der Waals surface area contributed by atoms with Crippen LogP contribution < -0.4 is 0 Å². The summed E-state index contributed by atoms with van der Waals surface area (Å²) in [5, 5.41) is 11.1. The molecule has 122 valence electrons. The predicted octanol–water partition coefficient (Wildman–Crippen LogP) is 2.40. The molecular formula is C18H16N2O4. The number of para-hydroxylation sites is 1. The summed E-state index contributed by atoms with van der Waals surface area (Å²) in [7, 11) is 0. The Labute approximate surface area is 138 Å². The van der Waals surface area contributed by atoms with Crippen LogP contribution in [0, 0.1) is 0 Å². The van der Waals surface area contributed by atoms with Crippen molar-refractivity contribution < 1.29 is 19.4 Å². The van der Waals surface area contributed by atoms with Crippen LogP contribution in [0.1, 0.15) is 25.3 Å². The maximum atomic E-state index is 12.8. The van der Waals surface area contributed by atoms with Gasteiger partial charge in [0.25, 0.3) is 5.78 Å². The van der Waals surface area contributed by atoms with E-state index in [2.05, 4.69) is 4.98 Å². The molecule has 6 nitrogen and oxygen atoms in total. The fourth-order valence-electron chi connectivity index (χ4n) is 3.35. The topological polar surface area (TPSA) is 79.7 Å². The van der Waals surface area contributed by atoms with Gasteiger partial charge in [0.15, 0.2) is 5.60 Å². The van der Waals surface area contributed by atoms with E-state index >= 15 is 0 Å². The Hall–Kier alpha value is -2.89. The Morgan fingerprint density at radius 1 is 1.25 bits per heavy atom. The van der Waals surface area contributed by atoms with Crippen LogP contribution in [-0.2, 0) is 19.9 Å². The van der Waals surface area contributed by atoms with E-state index in [9.17, 15) is 14.7 Å². The van der Waals surface area contributed by atoms with Crippen LogP contribution in [0.15, 0.2) is 48.2 Å². The van der Waals surface area contributed by atoms with Crippen LogP contribution in [0.4, 0.5) is 0 Å². The highest BCUT2D eigenvalue weighted by atomic mass is 16.5. The second-order valence-corrected chi connectivity index (χ2v) is 6.14. The zero-order chi connectivity index (χ0) is 16.9. The van der Waals surface area contributed by atoms with E-state index in [4.69, 9.17) is 4.74 Å². The number of pyridine rings is 1. The molecule has 1 atom stereocenters. The van der Waals surface area contributed by atoms with E-state index < -0.39 is 17.1 Å². The van der Waals surface area contributed by atoms with Crippen LogP contribution in [0.25, 0.3) is 10.9 Å². The van der Waals surface area contributed by atoms with Gasteiger partial charge in [-0.1, -0.05) is 18.2 Å². The first-order valence-corrected chi connectivity index (χ1v) is 7.84. The Kier molecular flexibility index (Phi) is 3.09. The lowest BCUT2D eigenvalue weighted by Crippen LogP contribution is -2.33. The molecule has 0 radical (unpaired) electrons. The van der Waals surface area contributed by atoms with Gasteiger partial charge in [0, 0.05) is 30.1 Å². The molecule has 1 aromatic carbocycles. The standard InChI is InChI=1S/C18H16N2O4/c1-18(12-8-9-19-13-6-3-2-5-11(12)13)16(23)15(22)17(24-18)20-10-4-7-14(20)21/h2-3,5-6,8-9,22H,4,7,10H2,1H3. The molecule has 4 rings (SSSR count). The Bertz CT molecular complexity index is 900. The molecule has 0 saturated carbocycles. The van der Waals surface area contributed by atoms with E-state index in [0.717, 1.165) is 10.9 Å². The third-order valence-corrected chi connectivity index (χ3v) is 4.63. The van der Waals surface area contributed by atoms with Crippen LogP contribution in [0.2, 0.25) is 0 Å². The summed E-state index contributed by atoms with van der Waals surface area (Å²) in [6.45, 7) is 2.06. The van der Waals surface area contributed by atoms with Gasteiger partial charge in [-0.15, -0.1) is 0 Å². The van der Waals surface area contributed by atoms with Gasteiger partial charge < -0.3 is 9.84 Å². The normalized spacial score (nSPS) is 24.1. The minimum absolute atomic E-state index is 0.0362. The Balaban J connectivity index is 1.82. The number of likely N-dealkylation sites (tertiary alicyclic amines) is 1. The number of rotatable bonds is 2. The van der Waals surface area contributed by atoms with Crippen molar-refractivity contribution in [3.8, 4) is 0 Å². The fourth-order valence-corrected chi connectivity index (χ4v) is 3.35. The van der Waals surface area contributed by atoms with Crippen molar-refractivity contribution in [2.45, 2.75) is 25.4 Å². The first-order valence-electron chi connectivity index (χ1n) is 7.84. The van der Waals surface area contributed by atoms with Gasteiger partial charge in [-0.2, -0.15) is 0 Å². The molecule has 2 aliphatic rings. The molecule has 3 heterocycles. The zero-order valence-corrected chi connectivity index (χ0v) is 13.2. The van der Waals surface area contributed by atoms with Gasteiger partial charge >= 0.3 is 0 Å². The molecule has 1 aromatic heterocycles. The third kappa shape index (κ3) is 1.92. The highest BCUT2D eigenvalue weighted by Crippen LogP contribution is 2.42. The molecule has 1 fully saturated rings. The molecule has 2 aliphatic heterocycles. The smallest absolute Gasteiger partial charge is 0.250 e. The van der Waals surface area contributed by atoms with Crippen molar-refractivity contribution in [3.63, 3.8) is 0 Å². The quantitative estimate of drug-likeness (QED) is 0.917. The number of benzene rings is 1. The van der Waals surface area contributed by atoms with Gasteiger partial charge in [0.05, 0.1) is 5.52 Å². The number of ketones is 1. The number of Topliss-reactive ketones (excluding diaryl/α,β-unsaturated/α-hetero) is 1. The van der Waals surface area contributed by atoms with Gasteiger partial charge in [0.2, 0.25) is 17.5 Å². The third-order valence-electron chi connectivity index (χ3n) is 4.63. The molecule has 6 heteroatoms. The number of aliphatic hydroxyl groups is 1. The molecule has 1 saturated heterocycles. The second kappa shape index (κ2) is 5.06. The number of ether oxygens (including phenoxy) is 1. The lowest BCUT2D eigenvalue weighted by atomic mass is 9.89. The van der Waals surface area contributed by atoms with Crippen molar-refractivity contribution in [2.75, 3.05) is 6.54 Å². The number of aliphatic hydroxyl groups excluding tert-OH is 1. The number of fused-ring (bicyclic) bond motifs is 1. The molecular weight excluding hydrogens is 308 g/mol. The van der Waals surface area contributed by atoms with Gasteiger partial charge in [-0.3, -0.25) is 19.5 Å². The van der Waals surface area contributed by atoms with E-state index in [0.29, 0.717) is 24.9 Å². The maximum Gasteiger partial charge on any atom is 0.250 e. The average molecular weight is 324 g/mol. The highest BCUT2D eigenvalue weighted by molar-refractivity contribution is 6.05. The molecule has 1 unspecified atom stereocenters. The maximum absolute atomic E-state index is 12.8. The van der Waals surface area contributed by atoms with Gasteiger partial charge in [-0.25, -0.2) is 0 Å². The Morgan fingerprint density at radius 3 is 2.79 bits per heavy atom. The first-order chi connectivity index (χ1) is 11.5. The summed E-state index contributed by atoms with van der Waals surface area (Å²) in [5.41, 5.74) is -0.0331. The molecule has 2 aromatic rings. The lowest BCUT2D eigenvalue weighted by Gasteiger charge is -2.26. The number of hydrogen-bond acceptors (Lipinski definition) is 5. The number of amides is 1. The number of nitrogens with zero attached hydrogens (tertiary/aromatic N) is 2. The molecule has 1 N–H and O–H groups in total. The lowest BCUT2D eigenvalue weighted by molar-refractivity contribution is -0.136. The first kappa shape index (κ1) is 14.7. The summed E-state index contributed by atoms with van der Waals surface area (Å²) in [5.74, 6) is -1.22. The molecule has 24 heavy (non-hydrogen) atoms. The van der Waals surface area contributed by atoms with Crippen molar-refractivity contribution in [3.05, 3.63) is 53.7 Å². The van der Waals surface area contributed by atoms with E-state index in [1.54, 1.807) is 19.2 Å². The fraction of sp³-hybridized carbons (Fsp3) is 0.278. The monoisotopic (exact) mass is 324 g/mol. The molecule has 0 spiro atoms. The predicted molar refractivity (Wildman–Crippen MR) is 85.8 cm³/mol. The Morgan fingerprint density at radius 2 is 2.04 bits per heavy atom. The molecule has 0 bridgehead atoms. The van der Waals surface area contributed by atoms with E-state index in [1.807, 2.05) is 24.3 Å². The number of hydrogen-bond donors (Lipinski definition) is 1. The van der Waals surface area contributed by atoms with Crippen molar-refractivity contribution in [1.82, 2.24) is 9.88 Å². The summed E-state index contributed by atoms with van der Waals surface area (Å²) in [6, 6.07) is 9.13. The van der Waals surface area contributed by atoms with E-state index in [-0.39, 0.29) is 11.8 Å². The number of aromatic nitrogens is 1. The summed E-state index contributed by atoms with van der Waals surface area (Å²) in [4.78, 5) is 30.3. The largest absolute Gasteiger partial charge is 0.501 e. The highest BCUT2D eigenvalue weighted by Gasteiger charge is 2.51. The average Bonchev–Trinajstić information content (AvgIpc) is 3.12. The number of carbonyl (C=O) groups excluding carboxylic acids is 2. The van der Waals surface area contributed by atoms with Crippen molar-refractivity contribution in [2.24, 2.45) is 0 Å². The molecule has 0 aliphatic carbocycles. The molecule has 1 amide bonds. The number of carbonyl (C=O) groups is 2. The van der Waals surface area contributed by atoms with Crippen LogP contribution in [0.5, 0.6) is 0 Å². The zero-order valence-electron chi connectivity index (χ0n) is 13.2. The van der Waals surface area contributed by atoms with Crippen LogP contribution in [0.3, 0.4) is 0 Å². The van der Waals surface area contributed by atoms with Gasteiger partial charge in [-0.05, 0) is 25.5 Å². The van der Waals surface area contributed by atoms with Crippen LogP contribution >= 0.6 is 0 Å². The van der Waals surface area contributed by atoms with E-state index in [1.165, 1.54) is 4.90 Å². The van der Waals surface area contributed by atoms with Crippen molar-refractivity contribution in [1.29, 1.82) is 0 Å². The summed E-state index contributed by atoms with van der Waals surface area (Å²) < 4.78 is 5.88. The minimum atomic E-state index is -1.38. The van der Waals surface area contributed by atoms with Crippen LogP contribution in [-0.4, -0.2) is 33.2 Å². The minimum Gasteiger partial charge on any atom is -0.501 e.